The molecule has 220 valence electrons. The number of thioether (sulfide) groups is 1. The molecule has 1 aliphatic heterocycles. The van der Waals surface area contributed by atoms with Crippen LogP contribution in [-0.4, -0.2) is 19.0 Å². The van der Waals surface area contributed by atoms with Crippen molar-refractivity contribution in [1.29, 1.82) is 0 Å². The van der Waals surface area contributed by atoms with Gasteiger partial charge in [0, 0.05) is 23.5 Å². The topological polar surface area (TPSA) is 18.5 Å². The second kappa shape index (κ2) is 14.3. The van der Waals surface area contributed by atoms with Crippen molar-refractivity contribution in [2.45, 2.75) is 50.1 Å². The number of rotatable bonds is 12. The van der Waals surface area contributed by atoms with Gasteiger partial charge in [-0.15, -0.1) is 6.58 Å². The molecule has 3 aromatic carbocycles. The monoisotopic (exact) mass is 594 g/mol. The summed E-state index contributed by atoms with van der Waals surface area (Å²) in [5, 5.41) is 0.270. The Bertz CT molecular complexity index is 1320. The van der Waals surface area contributed by atoms with Crippen LogP contribution in [0.15, 0.2) is 67.3 Å². The number of hydrogen-bond acceptors (Lipinski definition) is 3. The number of hydrogen-bond donors (Lipinski definition) is 0. The number of aryl methyl sites for hydroxylation is 2. The summed E-state index contributed by atoms with van der Waals surface area (Å²) in [6.45, 7) is 4.67. The van der Waals surface area contributed by atoms with E-state index in [1.807, 2.05) is 23.9 Å². The summed E-state index contributed by atoms with van der Waals surface area (Å²) in [5.74, 6) is -0.796. The van der Waals surface area contributed by atoms with Crippen molar-refractivity contribution in [3.05, 3.63) is 113 Å². The standard InChI is InChI=1S/C32H32F6O2S/c1-2-14-39-15-13-22-5-12-31(41-20-22)24-9-8-23(29(34)17-24)6-3-21-4-7-25(28(33)16-21)19-40-26-10-11-27(30(35)18-26)32(36,37)38/h2,4,7-11,16-18,22,31H,1,3,5-6,12-15,19-20H2. The minimum Gasteiger partial charge on any atom is -0.489 e. The summed E-state index contributed by atoms with van der Waals surface area (Å²) in [6, 6.07) is 12.1. The highest BCUT2D eigenvalue weighted by Gasteiger charge is 2.34. The molecule has 1 heterocycles. The van der Waals surface area contributed by atoms with Crippen molar-refractivity contribution < 1.29 is 35.8 Å². The summed E-state index contributed by atoms with van der Waals surface area (Å²) in [5.41, 5.74) is 0.988. The predicted octanol–water partition coefficient (Wildman–Crippen LogP) is 9.26. The first kappa shape index (κ1) is 31.0. The van der Waals surface area contributed by atoms with Crippen LogP contribution in [0, 0.1) is 23.4 Å². The second-order valence-electron chi connectivity index (χ2n) is 10.1. The number of benzene rings is 3. The molecule has 0 radical (unpaired) electrons. The van der Waals surface area contributed by atoms with E-state index < -0.39 is 23.4 Å². The van der Waals surface area contributed by atoms with Gasteiger partial charge in [-0.1, -0.05) is 30.3 Å². The van der Waals surface area contributed by atoms with Crippen molar-refractivity contribution in [3.63, 3.8) is 0 Å². The smallest absolute Gasteiger partial charge is 0.419 e. The van der Waals surface area contributed by atoms with Crippen molar-refractivity contribution in [2.24, 2.45) is 5.92 Å². The number of ether oxygens (including phenoxy) is 2. The third-order valence-corrected chi connectivity index (χ3v) is 8.74. The molecule has 2 nitrogen and oxygen atoms in total. The molecule has 1 fully saturated rings. The summed E-state index contributed by atoms with van der Waals surface area (Å²) in [7, 11) is 0. The van der Waals surface area contributed by atoms with E-state index in [0.29, 0.717) is 48.6 Å². The number of halogens is 6. The Hall–Kier alpha value is -2.91. The first-order valence-electron chi connectivity index (χ1n) is 13.5. The minimum absolute atomic E-state index is 0.141. The summed E-state index contributed by atoms with van der Waals surface area (Å²) in [6.07, 6.45) is 0.870. The molecule has 0 spiro atoms. The normalized spacial score (nSPS) is 17.4. The van der Waals surface area contributed by atoms with Crippen LogP contribution in [0.4, 0.5) is 26.3 Å². The summed E-state index contributed by atoms with van der Waals surface area (Å²) < 4.78 is 92.3. The van der Waals surface area contributed by atoms with Crippen molar-refractivity contribution in [3.8, 4) is 5.75 Å². The van der Waals surface area contributed by atoms with Crippen molar-refractivity contribution in [1.82, 2.24) is 0 Å². The van der Waals surface area contributed by atoms with Gasteiger partial charge in [0.05, 0.1) is 12.2 Å². The van der Waals surface area contributed by atoms with Gasteiger partial charge in [0.15, 0.2) is 0 Å². The maximum Gasteiger partial charge on any atom is 0.419 e. The van der Waals surface area contributed by atoms with Crippen molar-refractivity contribution >= 4 is 11.8 Å². The van der Waals surface area contributed by atoms with Gasteiger partial charge in [-0.05, 0) is 84.7 Å². The lowest BCUT2D eigenvalue weighted by molar-refractivity contribution is -0.140. The Balaban J connectivity index is 1.26. The van der Waals surface area contributed by atoms with E-state index in [9.17, 15) is 26.3 Å². The SMILES string of the molecule is C=CCOCCC1CCC(c2ccc(CCc3ccc(COc4ccc(C(F)(F)F)c(F)c4)c(F)c3)c(F)c2)SC1. The Morgan fingerprint density at radius 1 is 0.878 bits per heavy atom. The zero-order valence-corrected chi connectivity index (χ0v) is 23.3. The quantitative estimate of drug-likeness (QED) is 0.118. The molecule has 1 saturated heterocycles. The van der Waals surface area contributed by atoms with Gasteiger partial charge in [0.25, 0.3) is 0 Å². The molecule has 4 rings (SSSR count). The highest BCUT2D eigenvalue weighted by atomic mass is 32.2. The van der Waals surface area contributed by atoms with E-state index in [1.54, 1.807) is 18.2 Å². The lowest BCUT2D eigenvalue weighted by atomic mass is 9.96. The third-order valence-electron chi connectivity index (χ3n) is 7.17. The van der Waals surface area contributed by atoms with Crippen LogP contribution in [0.1, 0.15) is 52.3 Å². The van der Waals surface area contributed by atoms with Crippen LogP contribution in [0.2, 0.25) is 0 Å². The lowest BCUT2D eigenvalue weighted by Gasteiger charge is -2.28. The lowest BCUT2D eigenvalue weighted by Crippen LogP contribution is -2.15. The van der Waals surface area contributed by atoms with Crippen LogP contribution in [-0.2, 0) is 30.4 Å². The van der Waals surface area contributed by atoms with Crippen molar-refractivity contribution in [2.75, 3.05) is 19.0 Å². The Labute approximate surface area is 240 Å². The largest absolute Gasteiger partial charge is 0.489 e. The first-order chi connectivity index (χ1) is 19.6. The fraction of sp³-hybridized carbons (Fsp3) is 0.375. The summed E-state index contributed by atoms with van der Waals surface area (Å²) in [4.78, 5) is 0. The van der Waals surface area contributed by atoms with E-state index in [2.05, 4.69) is 6.58 Å². The minimum atomic E-state index is -4.81. The van der Waals surface area contributed by atoms with E-state index in [1.165, 1.54) is 12.1 Å². The molecular formula is C32H32F6O2S. The molecule has 3 aromatic rings. The second-order valence-corrected chi connectivity index (χ2v) is 11.4. The van der Waals surface area contributed by atoms with Gasteiger partial charge in [0.1, 0.15) is 29.8 Å². The van der Waals surface area contributed by atoms with Gasteiger partial charge in [-0.25, -0.2) is 13.2 Å². The van der Waals surface area contributed by atoms with Gasteiger partial charge < -0.3 is 9.47 Å². The van der Waals surface area contributed by atoms with Crippen LogP contribution in [0.5, 0.6) is 5.75 Å². The molecule has 0 saturated carbocycles. The maximum absolute atomic E-state index is 14.9. The fourth-order valence-corrected chi connectivity index (χ4v) is 6.28. The predicted molar refractivity (Wildman–Crippen MR) is 149 cm³/mol. The van der Waals surface area contributed by atoms with Gasteiger partial charge in [-0.3, -0.25) is 0 Å². The molecule has 2 atom stereocenters. The molecule has 1 aliphatic rings. The van der Waals surface area contributed by atoms with Gasteiger partial charge in [-0.2, -0.15) is 24.9 Å². The Kier molecular flexibility index (Phi) is 10.8. The average Bonchev–Trinajstić information content (AvgIpc) is 2.94. The maximum atomic E-state index is 14.9. The first-order valence-corrected chi connectivity index (χ1v) is 14.5. The molecule has 9 heteroatoms. The van der Waals surface area contributed by atoms with E-state index in [-0.39, 0.29) is 29.0 Å². The summed E-state index contributed by atoms with van der Waals surface area (Å²) >= 11 is 1.86. The molecule has 0 N–H and O–H groups in total. The molecule has 0 aliphatic carbocycles. The van der Waals surface area contributed by atoms with E-state index in [4.69, 9.17) is 9.47 Å². The zero-order chi connectivity index (χ0) is 29.4. The van der Waals surface area contributed by atoms with Crippen LogP contribution < -0.4 is 4.74 Å². The van der Waals surface area contributed by atoms with Crippen LogP contribution >= 0.6 is 11.8 Å². The highest BCUT2D eigenvalue weighted by molar-refractivity contribution is 7.99. The Morgan fingerprint density at radius 3 is 2.32 bits per heavy atom. The fourth-order valence-electron chi connectivity index (χ4n) is 4.80. The molecule has 0 bridgehead atoms. The molecule has 2 unspecified atom stereocenters. The van der Waals surface area contributed by atoms with Gasteiger partial charge >= 0.3 is 6.18 Å². The highest BCUT2D eigenvalue weighted by Crippen LogP contribution is 2.42. The van der Waals surface area contributed by atoms with E-state index >= 15 is 0 Å². The van der Waals surface area contributed by atoms with Crippen LogP contribution in [0.3, 0.4) is 0 Å². The zero-order valence-electron chi connectivity index (χ0n) is 22.5. The molecular weight excluding hydrogens is 562 g/mol. The average molecular weight is 595 g/mol. The number of alkyl halides is 3. The third kappa shape index (κ3) is 8.79. The molecule has 0 aromatic heterocycles. The van der Waals surface area contributed by atoms with E-state index in [0.717, 1.165) is 43.3 Å². The van der Waals surface area contributed by atoms with Crippen LogP contribution in [0.25, 0.3) is 0 Å². The Morgan fingerprint density at radius 2 is 1.66 bits per heavy atom. The molecule has 0 amide bonds. The molecule has 41 heavy (non-hydrogen) atoms. The van der Waals surface area contributed by atoms with Gasteiger partial charge in [0.2, 0.25) is 0 Å².